The standard InChI is InChI=1S/C23H21BrN4O5/c1-32-22-12-17(13-26-27-23(29)14-25-19-7-5-18(24)6-8-19)4-11-21(22)33-15-16-2-9-20(10-3-16)28(30)31/h2-13,25H,14-15H2,1H3,(H,27,29)/b26-13-. The van der Waals surface area contributed by atoms with Crippen molar-refractivity contribution in [2.75, 3.05) is 19.0 Å². The lowest BCUT2D eigenvalue weighted by Gasteiger charge is -2.11. The van der Waals surface area contributed by atoms with Crippen LogP contribution in [0.2, 0.25) is 0 Å². The molecule has 0 atom stereocenters. The molecule has 0 aliphatic heterocycles. The summed E-state index contributed by atoms with van der Waals surface area (Å²) in [5, 5.41) is 17.7. The maximum absolute atomic E-state index is 12.0. The molecule has 0 aliphatic rings. The molecule has 0 heterocycles. The Kier molecular flexibility index (Phi) is 8.36. The fourth-order valence-corrected chi connectivity index (χ4v) is 2.99. The Balaban J connectivity index is 1.51. The van der Waals surface area contributed by atoms with E-state index in [1.165, 1.54) is 25.5 Å². The number of benzene rings is 3. The number of hydrogen-bond acceptors (Lipinski definition) is 7. The van der Waals surface area contributed by atoms with Crippen molar-refractivity contribution in [1.82, 2.24) is 5.43 Å². The molecule has 9 nitrogen and oxygen atoms in total. The molecule has 0 saturated carbocycles. The zero-order chi connectivity index (χ0) is 23.6. The molecule has 0 aromatic heterocycles. The summed E-state index contributed by atoms with van der Waals surface area (Å²) >= 11 is 3.36. The number of carbonyl (C=O) groups excluding carboxylic acids is 1. The number of rotatable bonds is 10. The zero-order valence-corrected chi connectivity index (χ0v) is 19.2. The minimum atomic E-state index is -0.449. The molecule has 0 bridgehead atoms. The Labute approximate surface area is 198 Å². The summed E-state index contributed by atoms with van der Waals surface area (Å²) in [7, 11) is 1.52. The van der Waals surface area contributed by atoms with Gasteiger partial charge in [-0.3, -0.25) is 14.9 Å². The van der Waals surface area contributed by atoms with Crippen LogP contribution in [0.1, 0.15) is 11.1 Å². The Hall–Kier alpha value is -3.92. The van der Waals surface area contributed by atoms with Gasteiger partial charge < -0.3 is 14.8 Å². The number of anilines is 1. The number of nitrogens with one attached hydrogen (secondary N) is 2. The molecule has 33 heavy (non-hydrogen) atoms. The third kappa shape index (κ3) is 7.32. The first-order chi connectivity index (χ1) is 15.9. The van der Waals surface area contributed by atoms with Gasteiger partial charge in [0, 0.05) is 22.3 Å². The van der Waals surface area contributed by atoms with Crippen LogP contribution in [0.5, 0.6) is 11.5 Å². The van der Waals surface area contributed by atoms with Gasteiger partial charge >= 0.3 is 0 Å². The number of amides is 1. The lowest BCUT2D eigenvalue weighted by atomic mass is 10.2. The van der Waals surface area contributed by atoms with Crippen LogP contribution in [0.4, 0.5) is 11.4 Å². The lowest BCUT2D eigenvalue weighted by molar-refractivity contribution is -0.384. The largest absolute Gasteiger partial charge is 0.493 e. The quantitative estimate of drug-likeness (QED) is 0.234. The molecule has 1 amide bonds. The van der Waals surface area contributed by atoms with Crippen molar-refractivity contribution in [3.8, 4) is 11.5 Å². The minimum Gasteiger partial charge on any atom is -0.493 e. The van der Waals surface area contributed by atoms with E-state index in [1.807, 2.05) is 24.3 Å². The van der Waals surface area contributed by atoms with Gasteiger partial charge in [0.2, 0.25) is 0 Å². The SMILES string of the molecule is COc1cc(/C=N\NC(=O)CNc2ccc(Br)cc2)ccc1OCc1ccc([N+](=O)[O-])cc1. The second-order valence-electron chi connectivity index (χ2n) is 6.78. The van der Waals surface area contributed by atoms with E-state index < -0.39 is 4.92 Å². The number of non-ortho nitro benzene ring substituents is 1. The highest BCUT2D eigenvalue weighted by Gasteiger charge is 2.08. The fourth-order valence-electron chi connectivity index (χ4n) is 2.73. The third-order valence-electron chi connectivity index (χ3n) is 4.43. The second kappa shape index (κ2) is 11.6. The van der Waals surface area contributed by atoms with Crippen molar-refractivity contribution in [1.29, 1.82) is 0 Å². The molecule has 2 N–H and O–H groups in total. The number of hydrogen-bond donors (Lipinski definition) is 2. The summed E-state index contributed by atoms with van der Waals surface area (Å²) in [6.07, 6.45) is 1.50. The molecule has 3 aromatic carbocycles. The summed E-state index contributed by atoms with van der Waals surface area (Å²) in [6.45, 7) is 0.306. The van der Waals surface area contributed by atoms with E-state index in [0.717, 1.165) is 15.7 Å². The number of hydrazone groups is 1. The van der Waals surface area contributed by atoms with Crippen LogP contribution >= 0.6 is 15.9 Å². The van der Waals surface area contributed by atoms with Crippen molar-refractivity contribution in [2.45, 2.75) is 6.61 Å². The number of nitro groups is 1. The fraction of sp³-hybridized carbons (Fsp3) is 0.130. The van der Waals surface area contributed by atoms with Gasteiger partial charge in [-0.25, -0.2) is 5.43 Å². The number of halogens is 1. The molecular weight excluding hydrogens is 492 g/mol. The maximum Gasteiger partial charge on any atom is 0.269 e. The summed E-state index contributed by atoms with van der Waals surface area (Å²) in [5.41, 5.74) is 4.80. The number of nitro benzene ring substituents is 1. The van der Waals surface area contributed by atoms with Crippen LogP contribution in [0, 0.1) is 10.1 Å². The first kappa shape index (κ1) is 23.7. The monoisotopic (exact) mass is 512 g/mol. The van der Waals surface area contributed by atoms with Gasteiger partial charge in [0.15, 0.2) is 11.5 Å². The molecule has 0 spiro atoms. The highest BCUT2D eigenvalue weighted by Crippen LogP contribution is 2.28. The Morgan fingerprint density at radius 2 is 1.82 bits per heavy atom. The summed E-state index contributed by atoms with van der Waals surface area (Å²) in [6, 6.07) is 18.8. The van der Waals surface area contributed by atoms with E-state index >= 15 is 0 Å². The lowest BCUT2D eigenvalue weighted by Crippen LogP contribution is -2.25. The summed E-state index contributed by atoms with van der Waals surface area (Å²) < 4.78 is 12.1. The molecule has 0 radical (unpaired) electrons. The smallest absolute Gasteiger partial charge is 0.269 e. The van der Waals surface area contributed by atoms with Crippen LogP contribution in [-0.2, 0) is 11.4 Å². The predicted octanol–water partition coefficient (Wildman–Crippen LogP) is 4.51. The van der Waals surface area contributed by atoms with E-state index in [2.05, 4.69) is 31.8 Å². The maximum atomic E-state index is 12.0. The van der Waals surface area contributed by atoms with Crippen molar-refractivity contribution in [3.63, 3.8) is 0 Å². The highest BCUT2D eigenvalue weighted by molar-refractivity contribution is 9.10. The van der Waals surface area contributed by atoms with E-state index in [-0.39, 0.29) is 24.7 Å². The van der Waals surface area contributed by atoms with E-state index in [1.54, 1.807) is 30.3 Å². The molecular formula is C23H21BrN4O5. The number of ether oxygens (including phenoxy) is 2. The van der Waals surface area contributed by atoms with Crippen molar-refractivity contribution >= 4 is 39.4 Å². The first-order valence-electron chi connectivity index (χ1n) is 9.80. The van der Waals surface area contributed by atoms with Crippen LogP contribution in [0.15, 0.2) is 76.3 Å². The number of carbonyl (C=O) groups is 1. The van der Waals surface area contributed by atoms with Crippen molar-refractivity contribution in [2.24, 2.45) is 5.10 Å². The first-order valence-corrected chi connectivity index (χ1v) is 10.6. The average Bonchev–Trinajstić information content (AvgIpc) is 2.83. The third-order valence-corrected chi connectivity index (χ3v) is 4.96. The van der Waals surface area contributed by atoms with Gasteiger partial charge in [0.25, 0.3) is 11.6 Å². The number of methoxy groups -OCH3 is 1. The van der Waals surface area contributed by atoms with E-state index in [0.29, 0.717) is 17.1 Å². The summed E-state index contributed by atoms with van der Waals surface area (Å²) in [5.74, 6) is 0.712. The molecule has 3 aromatic rings. The van der Waals surface area contributed by atoms with Crippen LogP contribution in [-0.4, -0.2) is 30.7 Å². The Morgan fingerprint density at radius 3 is 2.48 bits per heavy atom. The average molecular weight is 513 g/mol. The molecule has 0 aliphatic carbocycles. The summed E-state index contributed by atoms with van der Waals surface area (Å²) in [4.78, 5) is 22.2. The molecule has 0 unspecified atom stereocenters. The van der Waals surface area contributed by atoms with Crippen molar-refractivity contribution < 1.29 is 19.2 Å². The predicted molar refractivity (Wildman–Crippen MR) is 129 cm³/mol. The van der Waals surface area contributed by atoms with Gasteiger partial charge in [-0.1, -0.05) is 15.9 Å². The van der Waals surface area contributed by atoms with E-state index in [9.17, 15) is 14.9 Å². The van der Waals surface area contributed by atoms with Crippen LogP contribution in [0.3, 0.4) is 0 Å². The molecule has 0 fully saturated rings. The molecule has 10 heteroatoms. The van der Waals surface area contributed by atoms with Crippen molar-refractivity contribution in [3.05, 3.63) is 92.4 Å². The van der Waals surface area contributed by atoms with E-state index in [4.69, 9.17) is 9.47 Å². The Morgan fingerprint density at radius 1 is 1.09 bits per heavy atom. The van der Waals surface area contributed by atoms with Gasteiger partial charge in [-0.15, -0.1) is 0 Å². The molecule has 3 rings (SSSR count). The van der Waals surface area contributed by atoms with Gasteiger partial charge in [0.1, 0.15) is 6.61 Å². The Bertz CT molecular complexity index is 1130. The molecule has 0 saturated heterocycles. The molecule has 170 valence electrons. The number of nitrogens with zero attached hydrogens (tertiary/aromatic N) is 2. The second-order valence-corrected chi connectivity index (χ2v) is 7.69. The van der Waals surface area contributed by atoms with Crippen LogP contribution in [0.25, 0.3) is 0 Å². The van der Waals surface area contributed by atoms with Gasteiger partial charge in [0.05, 0.1) is 24.8 Å². The van der Waals surface area contributed by atoms with Gasteiger partial charge in [-0.05, 0) is 65.7 Å². The zero-order valence-electron chi connectivity index (χ0n) is 17.7. The van der Waals surface area contributed by atoms with Gasteiger partial charge in [-0.2, -0.15) is 5.10 Å². The normalized spacial score (nSPS) is 10.6. The topological polar surface area (TPSA) is 115 Å². The highest BCUT2D eigenvalue weighted by atomic mass is 79.9. The minimum absolute atomic E-state index is 0.0242. The van der Waals surface area contributed by atoms with Crippen LogP contribution < -0.4 is 20.2 Å².